The predicted octanol–water partition coefficient (Wildman–Crippen LogP) is 2.14. The van der Waals surface area contributed by atoms with Crippen molar-refractivity contribution in [1.29, 1.82) is 0 Å². The van der Waals surface area contributed by atoms with E-state index in [1.54, 1.807) is 6.20 Å². The third-order valence-electron chi connectivity index (χ3n) is 3.38. The minimum absolute atomic E-state index is 0.0862. The van der Waals surface area contributed by atoms with Crippen LogP contribution in [0.1, 0.15) is 34.7 Å². The van der Waals surface area contributed by atoms with Gasteiger partial charge in [0.25, 0.3) is 5.91 Å². The molecular formula is C14H15N3O. The summed E-state index contributed by atoms with van der Waals surface area (Å²) in [6.45, 7) is 1.83. The van der Waals surface area contributed by atoms with Gasteiger partial charge in [-0.15, -0.1) is 0 Å². The lowest BCUT2D eigenvalue weighted by molar-refractivity contribution is 0.0926. The van der Waals surface area contributed by atoms with Crippen molar-refractivity contribution in [3.63, 3.8) is 0 Å². The van der Waals surface area contributed by atoms with Crippen LogP contribution in [0.4, 0.5) is 0 Å². The molecule has 1 aromatic heterocycles. The van der Waals surface area contributed by atoms with Crippen LogP contribution in [-0.2, 0) is 5.54 Å². The zero-order valence-corrected chi connectivity index (χ0v) is 10.2. The van der Waals surface area contributed by atoms with E-state index in [-0.39, 0.29) is 11.4 Å². The number of nitrogens with one attached hydrogen (secondary N) is 2. The molecule has 18 heavy (non-hydrogen) atoms. The Morgan fingerprint density at radius 2 is 2.06 bits per heavy atom. The van der Waals surface area contributed by atoms with Gasteiger partial charge < -0.3 is 10.3 Å². The van der Waals surface area contributed by atoms with Crippen LogP contribution in [0.25, 0.3) is 0 Å². The summed E-state index contributed by atoms with van der Waals surface area (Å²) in [6.07, 6.45) is 3.57. The van der Waals surface area contributed by atoms with Crippen molar-refractivity contribution in [1.82, 2.24) is 15.3 Å². The molecule has 0 atom stereocenters. The van der Waals surface area contributed by atoms with Gasteiger partial charge in [-0.05, 0) is 25.3 Å². The molecule has 2 N–H and O–H groups in total. The van der Waals surface area contributed by atoms with Gasteiger partial charge in [0, 0.05) is 0 Å². The second-order valence-electron chi connectivity index (χ2n) is 4.78. The summed E-state index contributed by atoms with van der Waals surface area (Å²) >= 11 is 0. The Labute approximate surface area is 105 Å². The quantitative estimate of drug-likeness (QED) is 0.865. The van der Waals surface area contributed by atoms with Crippen LogP contribution >= 0.6 is 0 Å². The number of amides is 1. The molecule has 1 aromatic carbocycles. The zero-order valence-electron chi connectivity index (χ0n) is 10.2. The summed E-state index contributed by atoms with van der Waals surface area (Å²) in [5.41, 5.74) is 1.53. The third kappa shape index (κ3) is 1.90. The summed E-state index contributed by atoms with van der Waals surface area (Å²) in [7, 11) is 0. The Morgan fingerprint density at radius 1 is 1.33 bits per heavy atom. The third-order valence-corrected chi connectivity index (χ3v) is 3.38. The molecule has 3 rings (SSSR count). The number of hydrogen-bond donors (Lipinski definition) is 2. The highest BCUT2D eigenvalue weighted by atomic mass is 16.2. The van der Waals surface area contributed by atoms with Crippen LogP contribution in [0.15, 0.2) is 36.5 Å². The first-order valence-corrected chi connectivity index (χ1v) is 6.09. The Balaban J connectivity index is 1.79. The number of H-pyrrole nitrogens is 1. The van der Waals surface area contributed by atoms with Gasteiger partial charge in [0.05, 0.1) is 11.7 Å². The van der Waals surface area contributed by atoms with Gasteiger partial charge in [-0.3, -0.25) is 4.79 Å². The molecule has 0 saturated heterocycles. The average molecular weight is 241 g/mol. The lowest BCUT2D eigenvalue weighted by atomic mass is 10.1. The van der Waals surface area contributed by atoms with Crippen molar-refractivity contribution in [2.45, 2.75) is 25.3 Å². The van der Waals surface area contributed by atoms with Crippen molar-refractivity contribution in [3.05, 3.63) is 53.6 Å². The van der Waals surface area contributed by atoms with Gasteiger partial charge in [-0.2, -0.15) is 0 Å². The predicted molar refractivity (Wildman–Crippen MR) is 68.1 cm³/mol. The van der Waals surface area contributed by atoms with Crippen molar-refractivity contribution in [3.8, 4) is 0 Å². The number of benzene rings is 1. The number of imidazole rings is 1. The summed E-state index contributed by atoms with van der Waals surface area (Å²) in [5, 5.41) is 3.10. The number of aryl methyl sites for hydroxylation is 1. The molecule has 1 fully saturated rings. The first-order chi connectivity index (χ1) is 8.70. The maximum absolute atomic E-state index is 12.1. The molecule has 0 aliphatic heterocycles. The lowest BCUT2D eigenvalue weighted by Crippen LogP contribution is -2.35. The number of carbonyl (C=O) groups is 1. The van der Waals surface area contributed by atoms with Crippen molar-refractivity contribution in [2.24, 2.45) is 0 Å². The van der Waals surface area contributed by atoms with E-state index in [0.29, 0.717) is 5.69 Å². The van der Waals surface area contributed by atoms with E-state index in [4.69, 9.17) is 0 Å². The summed E-state index contributed by atoms with van der Waals surface area (Å²) < 4.78 is 0. The Kier molecular flexibility index (Phi) is 2.44. The van der Waals surface area contributed by atoms with Crippen LogP contribution in [-0.4, -0.2) is 15.9 Å². The molecule has 2 aromatic rings. The fourth-order valence-corrected chi connectivity index (χ4v) is 2.19. The number of rotatable bonds is 3. The fourth-order valence-electron chi connectivity index (χ4n) is 2.19. The smallest absolute Gasteiger partial charge is 0.270 e. The number of carbonyl (C=O) groups excluding carboxylic acids is 1. The average Bonchev–Trinajstić information content (AvgIpc) is 3.04. The van der Waals surface area contributed by atoms with Gasteiger partial charge in [-0.1, -0.05) is 30.3 Å². The lowest BCUT2D eigenvalue weighted by Gasteiger charge is -2.17. The Morgan fingerprint density at radius 3 is 2.61 bits per heavy atom. The molecule has 4 heteroatoms. The number of nitrogens with zero attached hydrogens (tertiary/aromatic N) is 1. The van der Waals surface area contributed by atoms with E-state index < -0.39 is 0 Å². The molecule has 4 nitrogen and oxygen atoms in total. The fraction of sp³-hybridized carbons (Fsp3) is 0.286. The number of aromatic nitrogens is 2. The van der Waals surface area contributed by atoms with Crippen LogP contribution in [0.3, 0.4) is 0 Å². The standard InChI is InChI=1S/C14H15N3O/c1-10-15-9-12(16-10)13(18)17-14(7-8-14)11-5-3-2-4-6-11/h2-6,9H,7-8H2,1H3,(H,15,16)(H,17,18). The van der Waals surface area contributed by atoms with E-state index in [9.17, 15) is 4.79 Å². The molecule has 1 heterocycles. The van der Waals surface area contributed by atoms with Gasteiger partial charge >= 0.3 is 0 Å². The highest BCUT2D eigenvalue weighted by Gasteiger charge is 2.45. The van der Waals surface area contributed by atoms with E-state index in [1.807, 2.05) is 25.1 Å². The Hall–Kier alpha value is -2.10. The highest BCUT2D eigenvalue weighted by molar-refractivity contribution is 5.93. The van der Waals surface area contributed by atoms with Gasteiger partial charge in [0.15, 0.2) is 0 Å². The van der Waals surface area contributed by atoms with E-state index in [2.05, 4.69) is 27.4 Å². The van der Waals surface area contributed by atoms with Crippen LogP contribution < -0.4 is 5.32 Å². The van der Waals surface area contributed by atoms with Crippen LogP contribution in [0, 0.1) is 6.92 Å². The summed E-state index contributed by atoms with van der Waals surface area (Å²) in [6, 6.07) is 10.1. The van der Waals surface area contributed by atoms with Gasteiger partial charge in [0.1, 0.15) is 11.5 Å². The van der Waals surface area contributed by atoms with Crippen molar-refractivity contribution in [2.75, 3.05) is 0 Å². The maximum atomic E-state index is 12.1. The molecule has 1 aliphatic rings. The second kappa shape index (κ2) is 3.98. The zero-order chi connectivity index (χ0) is 12.6. The molecule has 0 spiro atoms. The monoisotopic (exact) mass is 241 g/mol. The summed E-state index contributed by atoms with van der Waals surface area (Å²) in [5.74, 6) is 0.668. The molecular weight excluding hydrogens is 226 g/mol. The molecule has 1 amide bonds. The summed E-state index contributed by atoms with van der Waals surface area (Å²) in [4.78, 5) is 19.1. The van der Waals surface area contributed by atoms with Gasteiger partial charge in [-0.25, -0.2) is 4.98 Å². The number of hydrogen-bond acceptors (Lipinski definition) is 2. The second-order valence-corrected chi connectivity index (χ2v) is 4.78. The van der Waals surface area contributed by atoms with Gasteiger partial charge in [0.2, 0.25) is 0 Å². The van der Waals surface area contributed by atoms with Crippen molar-refractivity contribution >= 4 is 5.91 Å². The van der Waals surface area contributed by atoms with E-state index >= 15 is 0 Å². The Bertz CT molecular complexity index is 570. The largest absolute Gasteiger partial charge is 0.341 e. The first kappa shape index (κ1) is 11.0. The maximum Gasteiger partial charge on any atom is 0.270 e. The van der Waals surface area contributed by atoms with Crippen molar-refractivity contribution < 1.29 is 4.79 Å². The normalized spacial score (nSPS) is 16.3. The number of aromatic amines is 1. The molecule has 0 radical (unpaired) electrons. The van der Waals surface area contributed by atoms with E-state index in [0.717, 1.165) is 18.7 Å². The first-order valence-electron chi connectivity index (χ1n) is 6.09. The topological polar surface area (TPSA) is 57.8 Å². The minimum Gasteiger partial charge on any atom is -0.341 e. The molecule has 1 aliphatic carbocycles. The van der Waals surface area contributed by atoms with Crippen LogP contribution in [0.5, 0.6) is 0 Å². The molecule has 92 valence electrons. The highest BCUT2D eigenvalue weighted by Crippen LogP contribution is 2.45. The van der Waals surface area contributed by atoms with E-state index in [1.165, 1.54) is 5.56 Å². The molecule has 0 unspecified atom stereocenters. The molecule has 1 saturated carbocycles. The molecule has 0 bridgehead atoms. The minimum atomic E-state index is -0.169. The SMILES string of the molecule is Cc1ncc(C(=O)NC2(c3ccccc3)CC2)[nH]1. The van der Waals surface area contributed by atoms with Crippen LogP contribution in [0.2, 0.25) is 0 Å².